The number of sulfone groups is 1. The third-order valence-electron chi connectivity index (χ3n) is 5.11. The number of carbonyl (C=O) groups excluding carboxylic acids is 1. The summed E-state index contributed by atoms with van der Waals surface area (Å²) in [7, 11) is -2.96. The highest BCUT2D eigenvalue weighted by Gasteiger charge is 2.33. The first kappa shape index (κ1) is 17.2. The molecule has 6 nitrogen and oxygen atoms in total. The molecule has 2 aliphatic rings. The molecule has 1 aromatic carbocycles. The maximum absolute atomic E-state index is 12.4. The Morgan fingerprint density at radius 1 is 1.25 bits per heavy atom. The van der Waals surface area contributed by atoms with Crippen LogP contribution in [-0.2, 0) is 14.6 Å². The summed E-state index contributed by atoms with van der Waals surface area (Å²) in [6.07, 6.45) is 0.540. The molecular formula is C17H26N3O3S+. The number of anilines is 1. The van der Waals surface area contributed by atoms with Crippen molar-refractivity contribution in [1.82, 2.24) is 5.32 Å². The second kappa shape index (κ2) is 7.11. The van der Waals surface area contributed by atoms with Crippen molar-refractivity contribution in [3.05, 3.63) is 30.3 Å². The van der Waals surface area contributed by atoms with Crippen LogP contribution in [0.2, 0.25) is 0 Å². The molecule has 0 radical (unpaired) electrons. The van der Waals surface area contributed by atoms with E-state index in [-0.39, 0.29) is 29.5 Å². The summed E-state index contributed by atoms with van der Waals surface area (Å²) >= 11 is 0. The van der Waals surface area contributed by atoms with E-state index in [0.717, 1.165) is 26.2 Å². The monoisotopic (exact) mass is 352 g/mol. The van der Waals surface area contributed by atoms with Gasteiger partial charge in [0.25, 0.3) is 5.91 Å². The Bertz CT molecular complexity index is 670. The number of quaternary nitrogens is 1. The first-order valence-corrected chi connectivity index (χ1v) is 10.4. The second-order valence-corrected chi connectivity index (χ2v) is 9.04. The number of amides is 1. The number of nitrogens with zero attached hydrogens (tertiary/aromatic N) is 1. The Labute approximate surface area is 143 Å². The minimum Gasteiger partial charge on any atom is -0.360 e. The number of hydrogen-bond donors (Lipinski definition) is 2. The van der Waals surface area contributed by atoms with Gasteiger partial charge in [0.1, 0.15) is 0 Å². The van der Waals surface area contributed by atoms with E-state index in [1.165, 1.54) is 10.6 Å². The van der Waals surface area contributed by atoms with Gasteiger partial charge < -0.3 is 15.1 Å². The SMILES string of the molecule is C[C@H](C(=O)N[C@H]1CCS(=O)(=O)C1)[NH+]1CCN(c2ccccc2)CC1. The van der Waals surface area contributed by atoms with Gasteiger partial charge >= 0.3 is 0 Å². The second-order valence-electron chi connectivity index (χ2n) is 6.81. The maximum atomic E-state index is 12.4. The van der Waals surface area contributed by atoms with Gasteiger partial charge in [-0.25, -0.2) is 8.42 Å². The number of piperazine rings is 1. The number of rotatable bonds is 4. The van der Waals surface area contributed by atoms with Crippen molar-refractivity contribution in [3.63, 3.8) is 0 Å². The Morgan fingerprint density at radius 3 is 2.50 bits per heavy atom. The zero-order chi connectivity index (χ0) is 17.2. The van der Waals surface area contributed by atoms with E-state index >= 15 is 0 Å². The minimum absolute atomic E-state index is 0.0275. The molecule has 2 N–H and O–H groups in total. The highest BCUT2D eigenvalue weighted by molar-refractivity contribution is 7.91. The number of benzene rings is 1. The minimum atomic E-state index is -2.96. The van der Waals surface area contributed by atoms with E-state index in [1.807, 2.05) is 25.1 Å². The van der Waals surface area contributed by atoms with Crippen molar-refractivity contribution in [2.45, 2.75) is 25.4 Å². The van der Waals surface area contributed by atoms with Crippen LogP contribution < -0.4 is 15.1 Å². The number of carbonyl (C=O) groups is 1. The summed E-state index contributed by atoms with van der Waals surface area (Å²) in [4.78, 5) is 16.0. The van der Waals surface area contributed by atoms with Crippen LogP contribution in [0, 0.1) is 0 Å². The molecular weight excluding hydrogens is 326 g/mol. The Kier molecular flexibility index (Phi) is 5.10. The quantitative estimate of drug-likeness (QED) is 0.736. The average molecular weight is 352 g/mol. The van der Waals surface area contributed by atoms with E-state index in [2.05, 4.69) is 22.3 Å². The van der Waals surface area contributed by atoms with E-state index in [1.54, 1.807) is 0 Å². The zero-order valence-electron chi connectivity index (χ0n) is 14.1. The van der Waals surface area contributed by atoms with Crippen LogP contribution in [0.5, 0.6) is 0 Å². The first-order chi connectivity index (χ1) is 11.4. The number of nitrogens with one attached hydrogen (secondary N) is 2. The molecule has 24 heavy (non-hydrogen) atoms. The summed E-state index contributed by atoms with van der Waals surface area (Å²) in [6.45, 7) is 5.61. The Morgan fingerprint density at radius 2 is 1.92 bits per heavy atom. The third-order valence-corrected chi connectivity index (χ3v) is 6.88. The summed E-state index contributed by atoms with van der Waals surface area (Å²) in [5.41, 5.74) is 1.23. The average Bonchev–Trinajstić information content (AvgIpc) is 2.93. The van der Waals surface area contributed by atoms with Crippen LogP contribution in [0.15, 0.2) is 30.3 Å². The lowest BCUT2D eigenvalue weighted by Crippen LogP contribution is -3.19. The molecule has 2 heterocycles. The van der Waals surface area contributed by atoms with Gasteiger partial charge in [-0.2, -0.15) is 0 Å². The molecule has 0 aromatic heterocycles. The molecule has 1 aromatic rings. The van der Waals surface area contributed by atoms with Gasteiger partial charge in [0.05, 0.1) is 37.7 Å². The van der Waals surface area contributed by atoms with E-state index < -0.39 is 9.84 Å². The summed E-state index contributed by atoms with van der Waals surface area (Å²) in [5, 5.41) is 2.92. The first-order valence-electron chi connectivity index (χ1n) is 8.60. The van der Waals surface area contributed by atoms with Gasteiger partial charge in [0.2, 0.25) is 0 Å². The molecule has 0 saturated carbocycles. The van der Waals surface area contributed by atoms with Crippen molar-refractivity contribution in [2.75, 3.05) is 42.6 Å². The summed E-state index contributed by atoms with van der Waals surface area (Å²) < 4.78 is 23.0. The van der Waals surface area contributed by atoms with Crippen molar-refractivity contribution < 1.29 is 18.1 Å². The number of para-hydroxylation sites is 1. The lowest BCUT2D eigenvalue weighted by molar-refractivity contribution is -0.914. The third kappa shape index (κ3) is 4.08. The predicted molar refractivity (Wildman–Crippen MR) is 94.0 cm³/mol. The summed E-state index contributed by atoms with van der Waals surface area (Å²) in [6, 6.07) is 9.96. The van der Waals surface area contributed by atoms with Gasteiger partial charge in [0, 0.05) is 11.7 Å². The Balaban J connectivity index is 1.50. The molecule has 2 saturated heterocycles. The zero-order valence-corrected chi connectivity index (χ0v) is 14.9. The molecule has 0 bridgehead atoms. The van der Waals surface area contributed by atoms with Crippen LogP contribution in [0.25, 0.3) is 0 Å². The van der Waals surface area contributed by atoms with Crippen LogP contribution in [0.1, 0.15) is 13.3 Å². The number of hydrogen-bond acceptors (Lipinski definition) is 4. The molecule has 132 valence electrons. The molecule has 2 fully saturated rings. The lowest BCUT2D eigenvalue weighted by Gasteiger charge is -2.36. The van der Waals surface area contributed by atoms with E-state index in [0.29, 0.717) is 6.42 Å². The maximum Gasteiger partial charge on any atom is 0.278 e. The summed E-state index contributed by atoms with van der Waals surface area (Å²) in [5.74, 6) is 0.248. The van der Waals surface area contributed by atoms with Crippen molar-refractivity contribution in [2.24, 2.45) is 0 Å². The van der Waals surface area contributed by atoms with Crippen LogP contribution in [0.3, 0.4) is 0 Å². The predicted octanol–water partition coefficient (Wildman–Crippen LogP) is -0.917. The van der Waals surface area contributed by atoms with E-state index in [4.69, 9.17) is 0 Å². The van der Waals surface area contributed by atoms with Gasteiger partial charge in [-0.15, -0.1) is 0 Å². The fourth-order valence-corrected chi connectivity index (χ4v) is 5.22. The molecule has 1 amide bonds. The fourth-order valence-electron chi connectivity index (χ4n) is 3.54. The largest absolute Gasteiger partial charge is 0.360 e. The van der Waals surface area contributed by atoms with Crippen molar-refractivity contribution >= 4 is 21.4 Å². The Hall–Kier alpha value is -1.60. The van der Waals surface area contributed by atoms with Gasteiger partial charge in [-0.05, 0) is 25.5 Å². The van der Waals surface area contributed by atoms with Crippen LogP contribution >= 0.6 is 0 Å². The molecule has 0 aliphatic carbocycles. The molecule has 2 aliphatic heterocycles. The normalized spacial score (nSPS) is 25.4. The van der Waals surface area contributed by atoms with Gasteiger partial charge in [0.15, 0.2) is 15.9 Å². The lowest BCUT2D eigenvalue weighted by atomic mass is 10.1. The van der Waals surface area contributed by atoms with Crippen molar-refractivity contribution in [1.29, 1.82) is 0 Å². The van der Waals surface area contributed by atoms with Crippen molar-refractivity contribution in [3.8, 4) is 0 Å². The molecule has 7 heteroatoms. The molecule has 2 atom stereocenters. The molecule has 0 spiro atoms. The van der Waals surface area contributed by atoms with Crippen LogP contribution in [0.4, 0.5) is 5.69 Å². The highest BCUT2D eigenvalue weighted by atomic mass is 32.2. The van der Waals surface area contributed by atoms with Crippen LogP contribution in [-0.4, -0.2) is 64.1 Å². The topological polar surface area (TPSA) is 70.9 Å². The smallest absolute Gasteiger partial charge is 0.278 e. The van der Waals surface area contributed by atoms with Gasteiger partial charge in [-0.1, -0.05) is 18.2 Å². The standard InChI is InChI=1S/C17H25N3O3S/c1-14(17(21)18-15-7-12-24(22,23)13-15)19-8-10-20(11-9-19)16-5-3-2-4-6-16/h2-6,14-15H,7-13H2,1H3,(H,18,21)/p+1/t14-,15+/m1/s1. The molecule has 0 unspecified atom stereocenters. The highest BCUT2D eigenvalue weighted by Crippen LogP contribution is 2.13. The van der Waals surface area contributed by atoms with Gasteiger partial charge in [-0.3, -0.25) is 4.79 Å². The fraction of sp³-hybridized carbons (Fsp3) is 0.588. The van der Waals surface area contributed by atoms with E-state index in [9.17, 15) is 13.2 Å². The molecule has 3 rings (SSSR count).